The highest BCUT2D eigenvalue weighted by atomic mass is 35.5. The van der Waals surface area contributed by atoms with Crippen molar-refractivity contribution in [3.63, 3.8) is 0 Å². The highest BCUT2D eigenvalue weighted by Gasteiger charge is 2.13. The Balaban J connectivity index is 2.56. The fraction of sp³-hybridized carbons (Fsp3) is 0.571. The van der Waals surface area contributed by atoms with Gasteiger partial charge in [0.1, 0.15) is 0 Å². The lowest BCUT2D eigenvalue weighted by atomic mass is 10.1. The summed E-state index contributed by atoms with van der Waals surface area (Å²) in [5.41, 5.74) is 1.07. The Morgan fingerprint density at radius 1 is 1.29 bits per heavy atom. The standard InChI is InChI=1S/C14H22ClNO/c1-3-4-7-10-17-14(11-16-2)12-8-5-6-9-13(12)15/h5-6,8-9,14,16H,3-4,7,10-11H2,1-2H3. The maximum absolute atomic E-state index is 6.19. The molecule has 2 nitrogen and oxygen atoms in total. The normalized spacial score (nSPS) is 12.6. The van der Waals surface area contributed by atoms with Crippen molar-refractivity contribution in [1.82, 2.24) is 5.32 Å². The van der Waals surface area contributed by atoms with Gasteiger partial charge in [-0.15, -0.1) is 0 Å². The molecule has 0 fully saturated rings. The number of likely N-dealkylation sites (N-methyl/N-ethyl adjacent to an activating group) is 1. The molecule has 1 aromatic carbocycles. The van der Waals surface area contributed by atoms with Crippen LogP contribution in [0.25, 0.3) is 0 Å². The van der Waals surface area contributed by atoms with Gasteiger partial charge in [-0.05, 0) is 19.5 Å². The maximum atomic E-state index is 6.19. The molecule has 0 bridgehead atoms. The highest BCUT2D eigenvalue weighted by molar-refractivity contribution is 6.31. The molecule has 0 heterocycles. The first-order valence-corrected chi connectivity index (χ1v) is 6.68. The van der Waals surface area contributed by atoms with Crippen LogP contribution in [0, 0.1) is 0 Å². The van der Waals surface area contributed by atoms with Crippen molar-refractivity contribution in [2.24, 2.45) is 0 Å². The molecule has 96 valence electrons. The van der Waals surface area contributed by atoms with E-state index in [2.05, 4.69) is 12.2 Å². The predicted octanol–water partition coefficient (Wildman–Crippen LogP) is 3.81. The monoisotopic (exact) mass is 255 g/mol. The van der Waals surface area contributed by atoms with Crippen LogP contribution in [0.3, 0.4) is 0 Å². The second kappa shape index (κ2) is 8.51. The van der Waals surface area contributed by atoms with E-state index >= 15 is 0 Å². The molecule has 0 saturated carbocycles. The third kappa shape index (κ3) is 5.07. The molecule has 0 spiro atoms. The van der Waals surface area contributed by atoms with Gasteiger partial charge in [0.05, 0.1) is 6.10 Å². The zero-order valence-electron chi connectivity index (χ0n) is 10.7. The summed E-state index contributed by atoms with van der Waals surface area (Å²) in [4.78, 5) is 0. The predicted molar refractivity (Wildman–Crippen MR) is 73.6 cm³/mol. The van der Waals surface area contributed by atoms with Gasteiger partial charge in [0.25, 0.3) is 0 Å². The van der Waals surface area contributed by atoms with Crippen LogP contribution in [0.15, 0.2) is 24.3 Å². The van der Waals surface area contributed by atoms with Gasteiger partial charge in [-0.3, -0.25) is 0 Å². The molecular formula is C14H22ClNO. The Bertz CT molecular complexity index is 317. The van der Waals surface area contributed by atoms with Crippen LogP contribution in [0.2, 0.25) is 5.02 Å². The van der Waals surface area contributed by atoms with E-state index in [0.29, 0.717) is 0 Å². The topological polar surface area (TPSA) is 21.3 Å². The fourth-order valence-electron chi connectivity index (χ4n) is 1.76. The number of unbranched alkanes of at least 4 members (excludes halogenated alkanes) is 2. The lowest BCUT2D eigenvalue weighted by Crippen LogP contribution is -2.20. The summed E-state index contributed by atoms with van der Waals surface area (Å²) in [6, 6.07) is 7.89. The minimum atomic E-state index is 0.0468. The van der Waals surface area contributed by atoms with Crippen molar-refractivity contribution < 1.29 is 4.74 Å². The van der Waals surface area contributed by atoms with Crippen LogP contribution in [0.4, 0.5) is 0 Å². The Morgan fingerprint density at radius 2 is 2.06 bits per heavy atom. The highest BCUT2D eigenvalue weighted by Crippen LogP contribution is 2.25. The smallest absolute Gasteiger partial charge is 0.0963 e. The van der Waals surface area contributed by atoms with E-state index in [4.69, 9.17) is 16.3 Å². The molecule has 0 aliphatic heterocycles. The average molecular weight is 256 g/mol. The van der Waals surface area contributed by atoms with Crippen molar-refractivity contribution in [3.05, 3.63) is 34.9 Å². The van der Waals surface area contributed by atoms with Gasteiger partial charge >= 0.3 is 0 Å². The molecule has 17 heavy (non-hydrogen) atoms. The van der Waals surface area contributed by atoms with E-state index < -0.39 is 0 Å². The van der Waals surface area contributed by atoms with E-state index in [1.807, 2.05) is 31.3 Å². The summed E-state index contributed by atoms with van der Waals surface area (Å²) in [5.74, 6) is 0. The molecular weight excluding hydrogens is 234 g/mol. The quantitative estimate of drug-likeness (QED) is 0.714. The number of hydrogen-bond acceptors (Lipinski definition) is 2. The van der Waals surface area contributed by atoms with Gasteiger partial charge in [0.15, 0.2) is 0 Å². The second-order valence-electron chi connectivity index (χ2n) is 4.15. The van der Waals surface area contributed by atoms with Crippen LogP contribution in [0.1, 0.15) is 37.9 Å². The van der Waals surface area contributed by atoms with Crippen molar-refractivity contribution in [3.8, 4) is 0 Å². The molecule has 1 N–H and O–H groups in total. The minimum absolute atomic E-state index is 0.0468. The van der Waals surface area contributed by atoms with Crippen LogP contribution < -0.4 is 5.32 Å². The van der Waals surface area contributed by atoms with Gasteiger partial charge in [-0.1, -0.05) is 49.6 Å². The first kappa shape index (κ1) is 14.5. The van der Waals surface area contributed by atoms with Crippen molar-refractivity contribution in [2.45, 2.75) is 32.3 Å². The lowest BCUT2D eigenvalue weighted by molar-refractivity contribution is 0.0514. The van der Waals surface area contributed by atoms with Crippen LogP contribution in [-0.2, 0) is 4.74 Å². The number of nitrogens with one attached hydrogen (secondary N) is 1. The summed E-state index contributed by atoms with van der Waals surface area (Å²) >= 11 is 6.19. The van der Waals surface area contributed by atoms with Crippen molar-refractivity contribution in [2.75, 3.05) is 20.2 Å². The van der Waals surface area contributed by atoms with Crippen LogP contribution >= 0.6 is 11.6 Å². The Hall–Kier alpha value is -0.570. The van der Waals surface area contributed by atoms with Gasteiger partial charge < -0.3 is 10.1 Å². The molecule has 1 aromatic rings. The average Bonchev–Trinajstić information content (AvgIpc) is 2.34. The number of hydrogen-bond donors (Lipinski definition) is 1. The molecule has 0 aromatic heterocycles. The van der Waals surface area contributed by atoms with Gasteiger partial charge in [-0.25, -0.2) is 0 Å². The van der Waals surface area contributed by atoms with E-state index in [0.717, 1.165) is 30.2 Å². The zero-order chi connectivity index (χ0) is 12.5. The molecule has 0 amide bonds. The molecule has 1 unspecified atom stereocenters. The summed E-state index contributed by atoms with van der Waals surface area (Å²) < 4.78 is 5.90. The summed E-state index contributed by atoms with van der Waals surface area (Å²) in [6.07, 6.45) is 3.59. The Morgan fingerprint density at radius 3 is 2.71 bits per heavy atom. The maximum Gasteiger partial charge on any atom is 0.0963 e. The number of benzene rings is 1. The van der Waals surface area contributed by atoms with E-state index in [1.165, 1.54) is 12.8 Å². The van der Waals surface area contributed by atoms with E-state index in [9.17, 15) is 0 Å². The third-order valence-electron chi connectivity index (χ3n) is 2.71. The van der Waals surface area contributed by atoms with Gasteiger partial charge in [-0.2, -0.15) is 0 Å². The van der Waals surface area contributed by atoms with Gasteiger partial charge in [0.2, 0.25) is 0 Å². The first-order chi connectivity index (χ1) is 8.29. The molecule has 0 aliphatic rings. The largest absolute Gasteiger partial charge is 0.372 e. The van der Waals surface area contributed by atoms with Crippen LogP contribution in [-0.4, -0.2) is 20.2 Å². The number of ether oxygens (including phenoxy) is 1. The summed E-state index contributed by atoms with van der Waals surface area (Å²) in [6.45, 7) is 3.78. The molecule has 3 heteroatoms. The third-order valence-corrected chi connectivity index (χ3v) is 3.05. The molecule has 1 rings (SSSR count). The first-order valence-electron chi connectivity index (χ1n) is 6.30. The SMILES string of the molecule is CCCCCOC(CNC)c1ccccc1Cl. The summed E-state index contributed by atoms with van der Waals surface area (Å²) in [5, 5.41) is 3.93. The minimum Gasteiger partial charge on any atom is -0.372 e. The lowest BCUT2D eigenvalue weighted by Gasteiger charge is -2.19. The van der Waals surface area contributed by atoms with Crippen LogP contribution in [0.5, 0.6) is 0 Å². The Labute approximate surface area is 109 Å². The number of rotatable bonds is 8. The van der Waals surface area contributed by atoms with Crippen molar-refractivity contribution >= 4 is 11.6 Å². The van der Waals surface area contributed by atoms with Crippen molar-refractivity contribution in [1.29, 1.82) is 0 Å². The van der Waals surface area contributed by atoms with E-state index in [1.54, 1.807) is 0 Å². The molecule has 0 aliphatic carbocycles. The Kier molecular flexibility index (Phi) is 7.25. The number of halogens is 1. The van der Waals surface area contributed by atoms with E-state index in [-0.39, 0.29) is 6.10 Å². The molecule has 0 saturated heterocycles. The zero-order valence-corrected chi connectivity index (χ0v) is 11.5. The molecule has 1 atom stereocenters. The van der Waals surface area contributed by atoms with Gasteiger partial charge in [0, 0.05) is 23.7 Å². The summed E-state index contributed by atoms with van der Waals surface area (Å²) in [7, 11) is 1.93. The molecule has 0 radical (unpaired) electrons. The fourth-order valence-corrected chi connectivity index (χ4v) is 2.02. The second-order valence-corrected chi connectivity index (χ2v) is 4.55.